The summed E-state index contributed by atoms with van der Waals surface area (Å²) in [7, 11) is -3.61. The van der Waals surface area contributed by atoms with Crippen LogP contribution in [0, 0.1) is 0 Å². The summed E-state index contributed by atoms with van der Waals surface area (Å²) in [4.78, 5) is 19.1. The number of nitrogens with zero attached hydrogens (tertiary/aromatic N) is 3. The van der Waals surface area contributed by atoms with E-state index in [0.29, 0.717) is 50.6 Å². The molecule has 1 atom stereocenters. The Labute approximate surface area is 222 Å². The molecule has 1 amide bonds. The first-order valence-corrected chi connectivity index (χ1v) is 15.0. The molecule has 9 heteroatoms. The highest BCUT2D eigenvalue weighted by Crippen LogP contribution is 2.37. The number of carbonyl (C=O) groups excluding carboxylic acids is 1. The molecule has 0 unspecified atom stereocenters. The zero-order valence-corrected chi connectivity index (χ0v) is 22.4. The van der Waals surface area contributed by atoms with E-state index < -0.39 is 10.0 Å². The molecule has 0 N–H and O–H groups in total. The molecule has 0 spiro atoms. The summed E-state index contributed by atoms with van der Waals surface area (Å²) in [5.74, 6) is 0.0867. The van der Waals surface area contributed by atoms with Gasteiger partial charge in [0.05, 0.1) is 10.9 Å². The molecule has 0 saturated carbocycles. The highest BCUT2D eigenvalue weighted by molar-refractivity contribution is 7.89. The van der Waals surface area contributed by atoms with Gasteiger partial charge in [0, 0.05) is 55.6 Å². The molecular weight excluding hydrogens is 514 g/mol. The number of amides is 1. The van der Waals surface area contributed by atoms with Crippen LogP contribution in [-0.2, 0) is 21.2 Å². The number of carbonyl (C=O) groups is 1. The quantitative estimate of drug-likeness (QED) is 0.453. The van der Waals surface area contributed by atoms with E-state index in [1.54, 1.807) is 12.1 Å². The van der Waals surface area contributed by atoms with Gasteiger partial charge in [-0.15, -0.1) is 11.3 Å². The van der Waals surface area contributed by atoms with E-state index in [-0.39, 0.29) is 16.8 Å². The molecule has 5 rings (SSSR count). The smallest absolute Gasteiger partial charge is 0.243 e. The Kier molecular flexibility index (Phi) is 7.79. The second-order valence-corrected chi connectivity index (χ2v) is 12.6. The van der Waals surface area contributed by atoms with Crippen LogP contribution in [0.3, 0.4) is 0 Å². The second kappa shape index (κ2) is 11.0. The van der Waals surface area contributed by atoms with Crippen molar-refractivity contribution in [1.29, 1.82) is 0 Å². The molecule has 1 saturated heterocycles. The molecule has 190 valence electrons. The first-order chi connectivity index (χ1) is 17.4. The first kappa shape index (κ1) is 25.4. The lowest BCUT2D eigenvalue weighted by molar-refractivity contribution is -0.131. The zero-order valence-electron chi connectivity index (χ0n) is 20.1. The number of fused-ring (bicyclic) bond motifs is 1. The Morgan fingerprint density at radius 3 is 2.50 bits per heavy atom. The molecule has 6 nitrogen and oxygen atoms in total. The third-order valence-electron chi connectivity index (χ3n) is 7.05. The summed E-state index contributed by atoms with van der Waals surface area (Å²) in [5.41, 5.74) is 2.60. The minimum atomic E-state index is -3.61. The van der Waals surface area contributed by atoms with Crippen molar-refractivity contribution in [3.05, 3.63) is 87.1 Å². The van der Waals surface area contributed by atoms with Crippen molar-refractivity contribution in [1.82, 2.24) is 14.1 Å². The fraction of sp³-hybridized carbons (Fsp3) is 0.370. The molecular formula is C27H30ClN3O3S2. The van der Waals surface area contributed by atoms with E-state index in [4.69, 9.17) is 11.6 Å². The predicted molar refractivity (Wildman–Crippen MR) is 144 cm³/mol. The molecule has 3 heterocycles. The predicted octanol–water partition coefficient (Wildman–Crippen LogP) is 4.66. The number of thiophene rings is 1. The third-order valence-corrected chi connectivity index (χ3v) is 10.2. The van der Waals surface area contributed by atoms with Crippen LogP contribution < -0.4 is 0 Å². The number of sulfonamides is 1. The van der Waals surface area contributed by atoms with Crippen LogP contribution in [-0.4, -0.2) is 67.7 Å². The number of hydrogen-bond donors (Lipinski definition) is 0. The normalized spacial score (nSPS) is 19.6. The summed E-state index contributed by atoms with van der Waals surface area (Å²) in [5, 5.41) is 2.66. The number of hydrogen-bond acceptors (Lipinski definition) is 5. The van der Waals surface area contributed by atoms with Crippen LogP contribution in [0.15, 0.2) is 70.9 Å². The van der Waals surface area contributed by atoms with Crippen molar-refractivity contribution in [2.75, 3.05) is 39.3 Å². The van der Waals surface area contributed by atoms with Gasteiger partial charge in [-0.2, -0.15) is 4.31 Å². The van der Waals surface area contributed by atoms with Crippen LogP contribution in [0.25, 0.3) is 0 Å². The Hall–Kier alpha value is -2.23. The summed E-state index contributed by atoms with van der Waals surface area (Å²) in [6.07, 6.45) is 2.05. The lowest BCUT2D eigenvalue weighted by Crippen LogP contribution is -2.40. The third kappa shape index (κ3) is 5.38. The van der Waals surface area contributed by atoms with Crippen LogP contribution in [0.2, 0.25) is 5.02 Å². The fourth-order valence-electron chi connectivity index (χ4n) is 5.17. The van der Waals surface area contributed by atoms with Gasteiger partial charge in [0.15, 0.2) is 0 Å². The minimum Gasteiger partial charge on any atom is -0.341 e. The van der Waals surface area contributed by atoms with Gasteiger partial charge in [-0.25, -0.2) is 8.42 Å². The standard InChI is InChI=1S/C27H30ClN3O3S2/c28-22-7-9-23(10-8-22)36(33,34)31-15-4-14-29(18-19-31)26(32)12-17-30-16-11-25-24(13-20-35-25)27(30)21-5-2-1-3-6-21/h1-3,5-10,13,20,27H,4,11-12,14-19H2/t27-/m1/s1. The molecule has 36 heavy (non-hydrogen) atoms. The molecule has 0 radical (unpaired) electrons. The van der Waals surface area contributed by atoms with Gasteiger partial charge in [0.2, 0.25) is 15.9 Å². The molecule has 0 bridgehead atoms. The highest BCUT2D eigenvalue weighted by Gasteiger charge is 2.31. The van der Waals surface area contributed by atoms with Crippen molar-refractivity contribution < 1.29 is 13.2 Å². The summed E-state index contributed by atoms with van der Waals surface area (Å²) in [6, 6.07) is 19.1. The van der Waals surface area contributed by atoms with Crippen LogP contribution in [0.1, 0.15) is 34.9 Å². The maximum atomic E-state index is 13.2. The van der Waals surface area contributed by atoms with Gasteiger partial charge >= 0.3 is 0 Å². The molecule has 2 aromatic carbocycles. The Morgan fingerprint density at radius 1 is 0.944 bits per heavy atom. The van der Waals surface area contributed by atoms with E-state index in [9.17, 15) is 13.2 Å². The zero-order chi connectivity index (χ0) is 25.1. The van der Waals surface area contributed by atoms with E-state index in [1.807, 2.05) is 22.3 Å². The van der Waals surface area contributed by atoms with Gasteiger partial charge in [-0.3, -0.25) is 9.69 Å². The SMILES string of the molecule is O=C(CCN1CCc2sccc2[C@H]1c1ccccc1)N1CCCN(S(=O)(=O)c2ccc(Cl)cc2)CC1. The maximum absolute atomic E-state index is 13.2. The summed E-state index contributed by atoms with van der Waals surface area (Å²) in [6.45, 7) is 3.28. The lowest BCUT2D eigenvalue weighted by Gasteiger charge is -2.36. The van der Waals surface area contributed by atoms with Crippen molar-refractivity contribution >= 4 is 38.9 Å². The molecule has 2 aliphatic rings. The Balaban J connectivity index is 1.22. The molecule has 1 aromatic heterocycles. The van der Waals surface area contributed by atoms with Gasteiger partial charge in [0.25, 0.3) is 0 Å². The maximum Gasteiger partial charge on any atom is 0.243 e. The largest absolute Gasteiger partial charge is 0.341 e. The molecule has 2 aliphatic heterocycles. The van der Waals surface area contributed by atoms with E-state index in [1.165, 1.54) is 32.4 Å². The van der Waals surface area contributed by atoms with Gasteiger partial charge in [-0.05, 0) is 59.7 Å². The highest BCUT2D eigenvalue weighted by atomic mass is 35.5. The Morgan fingerprint density at radius 2 is 1.72 bits per heavy atom. The van der Waals surface area contributed by atoms with Crippen LogP contribution >= 0.6 is 22.9 Å². The average molecular weight is 544 g/mol. The van der Waals surface area contributed by atoms with E-state index >= 15 is 0 Å². The van der Waals surface area contributed by atoms with Crippen molar-refractivity contribution in [3.8, 4) is 0 Å². The first-order valence-electron chi connectivity index (χ1n) is 12.3. The number of rotatable bonds is 6. The van der Waals surface area contributed by atoms with Gasteiger partial charge in [0.1, 0.15) is 0 Å². The number of benzene rings is 2. The van der Waals surface area contributed by atoms with Gasteiger partial charge < -0.3 is 4.90 Å². The number of halogens is 1. The van der Waals surface area contributed by atoms with Crippen molar-refractivity contribution in [3.63, 3.8) is 0 Å². The summed E-state index contributed by atoms with van der Waals surface area (Å²) >= 11 is 7.74. The van der Waals surface area contributed by atoms with E-state index in [0.717, 1.165) is 13.0 Å². The van der Waals surface area contributed by atoms with Crippen molar-refractivity contribution in [2.45, 2.75) is 30.2 Å². The second-order valence-electron chi connectivity index (χ2n) is 9.24. The lowest BCUT2D eigenvalue weighted by atomic mass is 9.93. The molecule has 1 fully saturated rings. The topological polar surface area (TPSA) is 60.9 Å². The monoisotopic (exact) mass is 543 g/mol. The average Bonchev–Trinajstić information content (AvgIpc) is 3.22. The minimum absolute atomic E-state index is 0.0867. The molecule has 3 aromatic rings. The fourth-order valence-corrected chi connectivity index (χ4v) is 7.67. The van der Waals surface area contributed by atoms with E-state index in [2.05, 4.69) is 40.6 Å². The van der Waals surface area contributed by atoms with Crippen molar-refractivity contribution in [2.24, 2.45) is 0 Å². The Bertz CT molecular complexity index is 1300. The van der Waals surface area contributed by atoms with Crippen LogP contribution in [0.4, 0.5) is 0 Å². The van der Waals surface area contributed by atoms with Crippen LogP contribution in [0.5, 0.6) is 0 Å². The summed E-state index contributed by atoms with van der Waals surface area (Å²) < 4.78 is 27.6. The van der Waals surface area contributed by atoms with Gasteiger partial charge in [-0.1, -0.05) is 41.9 Å². The molecule has 0 aliphatic carbocycles.